The molecule has 0 radical (unpaired) electrons. The van der Waals surface area contributed by atoms with Gasteiger partial charge in [-0.1, -0.05) is 6.07 Å². The second-order valence-corrected chi connectivity index (χ2v) is 6.89. The summed E-state index contributed by atoms with van der Waals surface area (Å²) in [5.41, 5.74) is 0.290. The molecule has 0 aliphatic carbocycles. The minimum absolute atomic E-state index is 0.000888. The zero-order valence-corrected chi connectivity index (χ0v) is 16.4. The lowest BCUT2D eigenvalue weighted by atomic mass is 9.98. The third kappa shape index (κ3) is 3.97. The molecule has 29 heavy (non-hydrogen) atoms. The molecular weight excluding hydrogens is 377 g/mol. The van der Waals surface area contributed by atoms with E-state index in [1.165, 1.54) is 24.1 Å². The van der Waals surface area contributed by atoms with Crippen LogP contribution in [0.15, 0.2) is 48.2 Å². The topological polar surface area (TPSA) is 83.0 Å². The van der Waals surface area contributed by atoms with Gasteiger partial charge in [-0.15, -0.1) is 0 Å². The Morgan fingerprint density at radius 3 is 2.66 bits per heavy atom. The van der Waals surface area contributed by atoms with Gasteiger partial charge in [-0.3, -0.25) is 14.6 Å². The lowest BCUT2D eigenvalue weighted by Gasteiger charge is -2.25. The SMILES string of the molecule is COc1ccc(F)cc1C(O)=C1C(=O)C(=O)N(CCN(C)C)[C@@H]1c1ccccn1. The Morgan fingerprint density at radius 2 is 2.03 bits per heavy atom. The minimum Gasteiger partial charge on any atom is -0.507 e. The van der Waals surface area contributed by atoms with Gasteiger partial charge < -0.3 is 19.6 Å². The first-order chi connectivity index (χ1) is 13.8. The number of nitrogens with zero attached hydrogens (tertiary/aromatic N) is 3. The monoisotopic (exact) mass is 399 g/mol. The highest BCUT2D eigenvalue weighted by molar-refractivity contribution is 6.46. The fraction of sp³-hybridized carbons (Fsp3) is 0.286. The number of methoxy groups -OCH3 is 1. The maximum Gasteiger partial charge on any atom is 0.295 e. The van der Waals surface area contributed by atoms with Gasteiger partial charge in [0.05, 0.1) is 23.9 Å². The van der Waals surface area contributed by atoms with Gasteiger partial charge >= 0.3 is 0 Å². The number of pyridine rings is 1. The number of carbonyl (C=O) groups excluding carboxylic acids is 2. The number of likely N-dealkylation sites (N-methyl/N-ethyl adjacent to an activating group) is 1. The molecule has 3 rings (SSSR count). The summed E-state index contributed by atoms with van der Waals surface area (Å²) in [5, 5.41) is 11.0. The number of amides is 1. The van der Waals surface area contributed by atoms with E-state index in [1.807, 2.05) is 19.0 Å². The largest absolute Gasteiger partial charge is 0.507 e. The normalized spacial score (nSPS) is 18.5. The highest BCUT2D eigenvalue weighted by Crippen LogP contribution is 2.40. The molecule has 1 aromatic carbocycles. The molecule has 8 heteroatoms. The molecule has 0 saturated carbocycles. The van der Waals surface area contributed by atoms with Crippen molar-refractivity contribution in [2.24, 2.45) is 0 Å². The highest BCUT2D eigenvalue weighted by atomic mass is 19.1. The molecule has 1 N–H and O–H groups in total. The molecule has 0 bridgehead atoms. The Kier molecular flexibility index (Phi) is 5.93. The number of hydrogen-bond acceptors (Lipinski definition) is 6. The van der Waals surface area contributed by atoms with Crippen LogP contribution in [0.5, 0.6) is 5.75 Å². The third-order valence-corrected chi connectivity index (χ3v) is 4.71. The van der Waals surface area contributed by atoms with Gasteiger partial charge in [-0.2, -0.15) is 0 Å². The molecule has 152 valence electrons. The van der Waals surface area contributed by atoms with E-state index in [9.17, 15) is 19.1 Å². The average Bonchev–Trinajstić information content (AvgIpc) is 2.97. The number of rotatable bonds is 6. The van der Waals surface area contributed by atoms with Gasteiger partial charge in [0.1, 0.15) is 23.4 Å². The van der Waals surface area contributed by atoms with Crippen LogP contribution in [-0.2, 0) is 9.59 Å². The van der Waals surface area contributed by atoms with E-state index in [-0.39, 0.29) is 23.4 Å². The molecule has 1 saturated heterocycles. The summed E-state index contributed by atoms with van der Waals surface area (Å²) in [6, 6.07) is 7.84. The first-order valence-electron chi connectivity index (χ1n) is 9.03. The zero-order valence-electron chi connectivity index (χ0n) is 16.4. The van der Waals surface area contributed by atoms with Gasteiger partial charge in [0, 0.05) is 19.3 Å². The number of carbonyl (C=O) groups is 2. The van der Waals surface area contributed by atoms with Gasteiger partial charge in [0.15, 0.2) is 0 Å². The second kappa shape index (κ2) is 8.40. The molecule has 1 atom stereocenters. The molecule has 7 nitrogen and oxygen atoms in total. The molecule has 1 aliphatic rings. The fourth-order valence-electron chi connectivity index (χ4n) is 3.27. The van der Waals surface area contributed by atoms with E-state index in [1.54, 1.807) is 24.4 Å². The molecule has 1 aliphatic heterocycles. The average molecular weight is 399 g/mol. The van der Waals surface area contributed by atoms with Crippen molar-refractivity contribution in [1.29, 1.82) is 0 Å². The Hall–Kier alpha value is -3.26. The van der Waals surface area contributed by atoms with Crippen molar-refractivity contribution in [3.8, 4) is 5.75 Å². The molecule has 0 spiro atoms. The van der Waals surface area contributed by atoms with Crippen LogP contribution in [0.4, 0.5) is 4.39 Å². The number of likely N-dealkylation sites (tertiary alicyclic amines) is 1. The number of aromatic nitrogens is 1. The van der Waals surface area contributed by atoms with Gasteiger partial charge in [-0.05, 0) is 44.4 Å². The standard InChI is InChI=1S/C21H22FN3O4/c1-24(2)10-11-25-18(15-6-4-5-9-23-15)17(20(27)21(25)28)19(26)14-12-13(22)7-8-16(14)29-3/h4-9,12,18,26H,10-11H2,1-3H3/t18-/m1/s1. The quantitative estimate of drug-likeness (QED) is 0.456. The van der Waals surface area contributed by atoms with Gasteiger partial charge in [0.25, 0.3) is 11.7 Å². The number of aliphatic hydroxyl groups is 1. The van der Waals surface area contributed by atoms with E-state index in [0.717, 1.165) is 6.07 Å². The first kappa shape index (κ1) is 20.5. The molecule has 0 unspecified atom stereocenters. The molecular formula is C21H22FN3O4. The number of aliphatic hydroxyl groups excluding tert-OH is 1. The van der Waals surface area contributed by atoms with Crippen molar-refractivity contribution < 1.29 is 23.8 Å². The third-order valence-electron chi connectivity index (χ3n) is 4.71. The summed E-state index contributed by atoms with van der Waals surface area (Å²) in [6.45, 7) is 0.773. The van der Waals surface area contributed by atoms with Crippen LogP contribution < -0.4 is 4.74 Å². The molecule has 1 amide bonds. The molecule has 1 fully saturated rings. The van der Waals surface area contributed by atoms with Crippen molar-refractivity contribution in [2.45, 2.75) is 6.04 Å². The predicted molar refractivity (Wildman–Crippen MR) is 105 cm³/mol. The van der Waals surface area contributed by atoms with E-state index in [2.05, 4.69) is 4.98 Å². The van der Waals surface area contributed by atoms with Crippen molar-refractivity contribution in [1.82, 2.24) is 14.8 Å². The highest BCUT2D eigenvalue weighted by Gasteiger charge is 2.46. The van der Waals surface area contributed by atoms with Crippen LogP contribution in [0.2, 0.25) is 0 Å². The smallest absolute Gasteiger partial charge is 0.295 e. The maximum absolute atomic E-state index is 13.8. The van der Waals surface area contributed by atoms with Crippen LogP contribution in [0.25, 0.3) is 5.76 Å². The van der Waals surface area contributed by atoms with E-state index in [4.69, 9.17) is 4.74 Å². The first-order valence-corrected chi connectivity index (χ1v) is 9.03. The van der Waals surface area contributed by atoms with Crippen LogP contribution in [0.1, 0.15) is 17.3 Å². The summed E-state index contributed by atoms with van der Waals surface area (Å²) >= 11 is 0. The lowest BCUT2D eigenvalue weighted by Crippen LogP contribution is -2.35. The molecule has 2 aromatic rings. The molecule has 1 aromatic heterocycles. The van der Waals surface area contributed by atoms with Crippen molar-refractivity contribution >= 4 is 17.4 Å². The number of ketones is 1. The maximum atomic E-state index is 13.8. The number of halogens is 1. The van der Waals surface area contributed by atoms with E-state index in [0.29, 0.717) is 12.2 Å². The zero-order chi connectivity index (χ0) is 21.1. The van der Waals surface area contributed by atoms with Crippen molar-refractivity contribution in [2.75, 3.05) is 34.3 Å². The van der Waals surface area contributed by atoms with Gasteiger partial charge in [0.2, 0.25) is 0 Å². The number of Topliss-reactive ketones (excluding diaryl/α,β-unsaturated/α-hetero) is 1. The lowest BCUT2D eigenvalue weighted by molar-refractivity contribution is -0.140. The summed E-state index contributed by atoms with van der Waals surface area (Å²) < 4.78 is 19.0. The van der Waals surface area contributed by atoms with E-state index >= 15 is 0 Å². The Labute approximate surface area is 168 Å². The summed E-state index contributed by atoms with van der Waals surface area (Å²) in [6.07, 6.45) is 1.55. The van der Waals surface area contributed by atoms with E-state index < -0.39 is 29.3 Å². The predicted octanol–water partition coefficient (Wildman–Crippen LogP) is 2.21. The van der Waals surface area contributed by atoms with Crippen molar-refractivity contribution in [3.63, 3.8) is 0 Å². The van der Waals surface area contributed by atoms with Gasteiger partial charge in [-0.25, -0.2) is 4.39 Å². The van der Waals surface area contributed by atoms with Crippen LogP contribution >= 0.6 is 0 Å². The Bertz CT molecular complexity index is 960. The molecule has 2 heterocycles. The number of hydrogen-bond donors (Lipinski definition) is 1. The second-order valence-electron chi connectivity index (χ2n) is 6.89. The Morgan fingerprint density at radius 1 is 1.28 bits per heavy atom. The fourth-order valence-corrected chi connectivity index (χ4v) is 3.27. The summed E-state index contributed by atoms with van der Waals surface area (Å²) in [4.78, 5) is 33.1. The number of ether oxygens (including phenoxy) is 1. The summed E-state index contributed by atoms with van der Waals surface area (Å²) in [5.74, 6) is -2.50. The van der Waals surface area contributed by atoms with Crippen LogP contribution in [0.3, 0.4) is 0 Å². The minimum atomic E-state index is -0.885. The summed E-state index contributed by atoms with van der Waals surface area (Å²) in [7, 11) is 5.07. The van der Waals surface area contributed by atoms with Crippen LogP contribution in [-0.4, -0.2) is 65.9 Å². The number of benzene rings is 1. The Balaban J connectivity index is 2.19. The van der Waals surface area contributed by atoms with Crippen LogP contribution in [0, 0.1) is 5.82 Å². The van der Waals surface area contributed by atoms with Crippen molar-refractivity contribution in [3.05, 3.63) is 65.2 Å².